The lowest BCUT2D eigenvalue weighted by atomic mass is 9.95. The van der Waals surface area contributed by atoms with Crippen LogP contribution in [0.2, 0.25) is 0 Å². The van der Waals surface area contributed by atoms with E-state index in [0.29, 0.717) is 17.9 Å². The van der Waals surface area contributed by atoms with Gasteiger partial charge in [0.2, 0.25) is 0 Å². The summed E-state index contributed by atoms with van der Waals surface area (Å²) >= 11 is 0. The summed E-state index contributed by atoms with van der Waals surface area (Å²) in [5, 5.41) is 13.6. The summed E-state index contributed by atoms with van der Waals surface area (Å²) < 4.78 is 5.67. The van der Waals surface area contributed by atoms with Gasteiger partial charge in [0.15, 0.2) is 0 Å². The van der Waals surface area contributed by atoms with E-state index in [1.165, 1.54) is 13.0 Å². The van der Waals surface area contributed by atoms with Gasteiger partial charge in [0.05, 0.1) is 12.7 Å². The molecular weight excluding hydrogens is 240 g/mol. The van der Waals surface area contributed by atoms with E-state index in [1.54, 1.807) is 0 Å². The molecule has 3 aliphatic rings. The molecule has 2 saturated heterocycles. The first kappa shape index (κ1) is 13.8. The molecular formula is C15H28N2O2. The van der Waals surface area contributed by atoms with Crippen LogP contribution in [0.5, 0.6) is 0 Å². The second-order valence-electron chi connectivity index (χ2n) is 6.58. The molecule has 19 heavy (non-hydrogen) atoms. The Balaban J connectivity index is 1.53. The number of likely N-dealkylation sites (tertiary alicyclic amines) is 1. The average Bonchev–Trinajstić information content (AvgIpc) is 2.95. The van der Waals surface area contributed by atoms with Crippen LogP contribution in [0.15, 0.2) is 0 Å². The zero-order valence-electron chi connectivity index (χ0n) is 12.1. The Morgan fingerprint density at radius 3 is 2.95 bits per heavy atom. The van der Waals surface area contributed by atoms with E-state index >= 15 is 0 Å². The van der Waals surface area contributed by atoms with Gasteiger partial charge in [-0.1, -0.05) is 6.92 Å². The van der Waals surface area contributed by atoms with Crippen molar-refractivity contribution in [2.75, 3.05) is 39.4 Å². The molecule has 0 aromatic heterocycles. The van der Waals surface area contributed by atoms with Crippen molar-refractivity contribution in [2.45, 2.75) is 38.3 Å². The summed E-state index contributed by atoms with van der Waals surface area (Å²) in [6, 6.07) is 0.615. The number of rotatable bonds is 4. The van der Waals surface area contributed by atoms with Gasteiger partial charge in [-0.15, -0.1) is 0 Å². The van der Waals surface area contributed by atoms with E-state index < -0.39 is 0 Å². The van der Waals surface area contributed by atoms with Crippen molar-refractivity contribution in [3.05, 3.63) is 0 Å². The Morgan fingerprint density at radius 2 is 2.16 bits per heavy atom. The van der Waals surface area contributed by atoms with Crippen LogP contribution < -0.4 is 5.32 Å². The van der Waals surface area contributed by atoms with E-state index in [4.69, 9.17) is 4.74 Å². The van der Waals surface area contributed by atoms with Crippen molar-refractivity contribution in [2.24, 2.45) is 17.8 Å². The number of hydrogen-bond donors (Lipinski definition) is 2. The van der Waals surface area contributed by atoms with Crippen LogP contribution in [0.1, 0.15) is 26.2 Å². The first-order chi connectivity index (χ1) is 9.28. The van der Waals surface area contributed by atoms with Crippen LogP contribution in [0.4, 0.5) is 0 Å². The van der Waals surface area contributed by atoms with Crippen LogP contribution >= 0.6 is 0 Å². The van der Waals surface area contributed by atoms with Gasteiger partial charge in [-0.25, -0.2) is 0 Å². The highest BCUT2D eigenvalue weighted by atomic mass is 16.5. The second kappa shape index (κ2) is 6.08. The third kappa shape index (κ3) is 2.97. The smallest absolute Gasteiger partial charge is 0.0583 e. The van der Waals surface area contributed by atoms with Crippen molar-refractivity contribution in [3.63, 3.8) is 0 Å². The molecule has 0 spiro atoms. The van der Waals surface area contributed by atoms with Gasteiger partial charge in [0, 0.05) is 44.1 Å². The Hall–Kier alpha value is -0.160. The van der Waals surface area contributed by atoms with Crippen molar-refractivity contribution < 1.29 is 9.84 Å². The average molecular weight is 268 g/mol. The summed E-state index contributed by atoms with van der Waals surface area (Å²) in [7, 11) is 0. The van der Waals surface area contributed by atoms with E-state index in [0.717, 1.165) is 51.6 Å². The van der Waals surface area contributed by atoms with Crippen LogP contribution in [0, 0.1) is 17.8 Å². The lowest BCUT2D eigenvalue weighted by molar-refractivity contribution is 0.0179. The Morgan fingerprint density at radius 1 is 1.26 bits per heavy atom. The van der Waals surface area contributed by atoms with Gasteiger partial charge < -0.3 is 20.1 Å². The monoisotopic (exact) mass is 268 g/mol. The van der Waals surface area contributed by atoms with Crippen molar-refractivity contribution in [3.8, 4) is 0 Å². The summed E-state index contributed by atoms with van der Waals surface area (Å²) in [5.41, 5.74) is 0. The molecule has 1 saturated carbocycles. The van der Waals surface area contributed by atoms with E-state index in [-0.39, 0.29) is 6.10 Å². The number of ether oxygens (including phenoxy) is 1. The summed E-state index contributed by atoms with van der Waals surface area (Å²) in [5.74, 6) is 1.91. The predicted molar refractivity (Wildman–Crippen MR) is 75.1 cm³/mol. The molecule has 4 nitrogen and oxygen atoms in total. The zero-order chi connectivity index (χ0) is 13.2. The van der Waals surface area contributed by atoms with Gasteiger partial charge in [0.25, 0.3) is 0 Å². The Bertz CT molecular complexity index is 298. The van der Waals surface area contributed by atoms with Gasteiger partial charge in [-0.05, 0) is 31.7 Å². The SMILES string of the molecule is CCNC1CCOCC1CN1CC2CCC(O)C2C1. The van der Waals surface area contributed by atoms with Gasteiger partial charge in [0.1, 0.15) is 0 Å². The largest absolute Gasteiger partial charge is 0.393 e. The molecule has 4 heteroatoms. The summed E-state index contributed by atoms with van der Waals surface area (Å²) in [4.78, 5) is 2.57. The first-order valence-corrected chi connectivity index (χ1v) is 7.99. The Labute approximate surface area is 116 Å². The molecule has 110 valence electrons. The highest BCUT2D eigenvalue weighted by Gasteiger charge is 2.42. The predicted octanol–water partition coefficient (Wildman–Crippen LogP) is 0.704. The molecule has 0 aromatic carbocycles. The van der Waals surface area contributed by atoms with Crippen LogP contribution in [0.3, 0.4) is 0 Å². The topological polar surface area (TPSA) is 44.7 Å². The normalized spacial score (nSPS) is 43.6. The molecule has 2 N–H and O–H groups in total. The lowest BCUT2D eigenvalue weighted by Crippen LogP contribution is -2.47. The fourth-order valence-corrected chi connectivity index (χ4v) is 4.32. The first-order valence-electron chi connectivity index (χ1n) is 7.99. The van der Waals surface area contributed by atoms with Gasteiger partial charge >= 0.3 is 0 Å². The Kier molecular flexibility index (Phi) is 4.42. The minimum atomic E-state index is -0.0397. The molecule has 5 atom stereocenters. The van der Waals surface area contributed by atoms with E-state index in [2.05, 4.69) is 17.1 Å². The number of nitrogens with zero attached hydrogens (tertiary/aromatic N) is 1. The quantitative estimate of drug-likeness (QED) is 0.788. The van der Waals surface area contributed by atoms with Crippen molar-refractivity contribution in [1.82, 2.24) is 10.2 Å². The maximum Gasteiger partial charge on any atom is 0.0583 e. The maximum absolute atomic E-state index is 10.00. The number of fused-ring (bicyclic) bond motifs is 1. The fourth-order valence-electron chi connectivity index (χ4n) is 4.32. The molecule has 0 amide bonds. The van der Waals surface area contributed by atoms with Crippen LogP contribution in [-0.4, -0.2) is 61.5 Å². The van der Waals surface area contributed by atoms with Gasteiger partial charge in [-0.2, -0.15) is 0 Å². The van der Waals surface area contributed by atoms with E-state index in [1.807, 2.05) is 0 Å². The van der Waals surface area contributed by atoms with Gasteiger partial charge in [-0.3, -0.25) is 0 Å². The highest BCUT2D eigenvalue weighted by Crippen LogP contribution is 2.38. The second-order valence-corrected chi connectivity index (χ2v) is 6.58. The zero-order valence-corrected chi connectivity index (χ0v) is 12.1. The molecule has 3 rings (SSSR count). The molecule has 0 bridgehead atoms. The lowest BCUT2D eigenvalue weighted by Gasteiger charge is -2.35. The van der Waals surface area contributed by atoms with Crippen molar-refractivity contribution >= 4 is 0 Å². The number of hydrogen-bond acceptors (Lipinski definition) is 4. The number of aliphatic hydroxyl groups excluding tert-OH is 1. The summed E-state index contributed by atoms with van der Waals surface area (Å²) in [6.45, 7) is 8.45. The number of aliphatic hydroxyl groups is 1. The minimum Gasteiger partial charge on any atom is -0.393 e. The molecule has 5 unspecified atom stereocenters. The third-order valence-corrected chi connectivity index (χ3v) is 5.33. The van der Waals surface area contributed by atoms with Crippen LogP contribution in [-0.2, 0) is 4.74 Å². The number of nitrogens with one attached hydrogen (secondary N) is 1. The van der Waals surface area contributed by atoms with Crippen LogP contribution in [0.25, 0.3) is 0 Å². The molecule has 1 aliphatic carbocycles. The fraction of sp³-hybridized carbons (Fsp3) is 1.00. The van der Waals surface area contributed by atoms with E-state index in [9.17, 15) is 5.11 Å². The standard InChI is InChI=1S/C15H28N2O2/c1-2-16-14-5-6-19-10-12(14)8-17-7-11-3-4-15(18)13(11)9-17/h11-16,18H,2-10H2,1H3. The minimum absolute atomic E-state index is 0.0397. The molecule has 0 aromatic rings. The maximum atomic E-state index is 10.00. The molecule has 3 fully saturated rings. The van der Waals surface area contributed by atoms with Crippen molar-refractivity contribution in [1.29, 1.82) is 0 Å². The third-order valence-electron chi connectivity index (χ3n) is 5.33. The summed E-state index contributed by atoms with van der Waals surface area (Å²) in [6.07, 6.45) is 3.35. The highest BCUT2D eigenvalue weighted by molar-refractivity contribution is 4.95. The molecule has 0 radical (unpaired) electrons. The molecule has 2 aliphatic heterocycles. The molecule has 2 heterocycles.